The number of rotatable bonds is 3. The zero-order chi connectivity index (χ0) is 13.8. The molecule has 1 fully saturated rings. The van der Waals surface area contributed by atoms with Crippen LogP contribution in [-0.4, -0.2) is 51.5 Å². The number of amides is 1. The van der Waals surface area contributed by atoms with Crippen molar-refractivity contribution in [2.24, 2.45) is 0 Å². The Labute approximate surface area is 116 Å². The standard InChI is InChI=1S/C13H16N2O3S/c1-19-10-4-6-15(7-5-10)12(16)9-2-3-11(13(17)18)14-8-9/h2-3,8,10H,4-7H2,1H3,(H,17,18). The average Bonchev–Trinajstić information content (AvgIpc) is 2.46. The summed E-state index contributed by atoms with van der Waals surface area (Å²) in [5.74, 6) is -1.15. The van der Waals surface area contributed by atoms with Crippen molar-refractivity contribution in [3.8, 4) is 0 Å². The molecule has 2 heterocycles. The molecule has 1 N–H and O–H groups in total. The third-order valence-electron chi connectivity index (χ3n) is 3.29. The number of aromatic nitrogens is 1. The Morgan fingerprint density at radius 1 is 1.37 bits per heavy atom. The molecular weight excluding hydrogens is 264 g/mol. The molecule has 0 bridgehead atoms. The fourth-order valence-electron chi connectivity index (χ4n) is 2.12. The average molecular weight is 280 g/mol. The summed E-state index contributed by atoms with van der Waals surface area (Å²) in [6.07, 6.45) is 5.45. The summed E-state index contributed by atoms with van der Waals surface area (Å²) >= 11 is 1.84. The molecule has 1 saturated heterocycles. The second-order valence-corrected chi connectivity index (χ2v) is 5.60. The van der Waals surface area contributed by atoms with Crippen LogP contribution in [0.4, 0.5) is 0 Å². The summed E-state index contributed by atoms with van der Waals surface area (Å²) in [6.45, 7) is 1.51. The highest BCUT2D eigenvalue weighted by atomic mass is 32.2. The summed E-state index contributed by atoms with van der Waals surface area (Å²) < 4.78 is 0. The van der Waals surface area contributed by atoms with Crippen molar-refractivity contribution in [3.05, 3.63) is 29.6 Å². The minimum atomic E-state index is -1.08. The maximum absolute atomic E-state index is 12.2. The van der Waals surface area contributed by atoms with E-state index in [0.29, 0.717) is 10.8 Å². The Morgan fingerprint density at radius 3 is 2.53 bits per heavy atom. The van der Waals surface area contributed by atoms with Gasteiger partial charge in [-0.15, -0.1) is 0 Å². The van der Waals surface area contributed by atoms with Crippen molar-refractivity contribution in [1.82, 2.24) is 9.88 Å². The molecule has 6 heteroatoms. The van der Waals surface area contributed by atoms with Gasteiger partial charge in [0, 0.05) is 24.5 Å². The van der Waals surface area contributed by atoms with Crippen LogP contribution in [0.1, 0.15) is 33.7 Å². The first-order valence-electron chi connectivity index (χ1n) is 6.13. The van der Waals surface area contributed by atoms with Crippen molar-refractivity contribution in [2.75, 3.05) is 19.3 Å². The number of carbonyl (C=O) groups excluding carboxylic acids is 1. The number of thioether (sulfide) groups is 1. The van der Waals surface area contributed by atoms with Gasteiger partial charge in [0.15, 0.2) is 0 Å². The number of aromatic carboxylic acids is 1. The van der Waals surface area contributed by atoms with E-state index in [9.17, 15) is 9.59 Å². The molecule has 2 rings (SSSR count). The maximum atomic E-state index is 12.2. The van der Waals surface area contributed by atoms with Crippen molar-refractivity contribution < 1.29 is 14.7 Å². The lowest BCUT2D eigenvalue weighted by Crippen LogP contribution is -2.39. The summed E-state index contributed by atoms with van der Waals surface area (Å²) in [4.78, 5) is 28.5. The number of likely N-dealkylation sites (tertiary alicyclic amines) is 1. The molecule has 1 aromatic heterocycles. The van der Waals surface area contributed by atoms with Crippen molar-refractivity contribution in [2.45, 2.75) is 18.1 Å². The van der Waals surface area contributed by atoms with Crippen LogP contribution in [0.3, 0.4) is 0 Å². The highest BCUT2D eigenvalue weighted by molar-refractivity contribution is 7.99. The van der Waals surface area contributed by atoms with Crippen LogP contribution in [0.5, 0.6) is 0 Å². The third kappa shape index (κ3) is 3.26. The van der Waals surface area contributed by atoms with Gasteiger partial charge in [0.2, 0.25) is 0 Å². The lowest BCUT2D eigenvalue weighted by atomic mass is 10.1. The molecule has 0 aliphatic carbocycles. The quantitative estimate of drug-likeness (QED) is 0.913. The van der Waals surface area contributed by atoms with Crippen molar-refractivity contribution in [3.63, 3.8) is 0 Å². The van der Waals surface area contributed by atoms with Gasteiger partial charge in [0.25, 0.3) is 5.91 Å². The Morgan fingerprint density at radius 2 is 2.05 bits per heavy atom. The van der Waals surface area contributed by atoms with E-state index in [1.54, 1.807) is 0 Å². The fraction of sp³-hybridized carbons (Fsp3) is 0.462. The van der Waals surface area contributed by atoms with Gasteiger partial charge in [-0.3, -0.25) is 4.79 Å². The number of carbonyl (C=O) groups is 2. The molecule has 1 aromatic rings. The third-order valence-corrected chi connectivity index (χ3v) is 4.43. The molecule has 19 heavy (non-hydrogen) atoms. The molecule has 0 atom stereocenters. The van der Waals surface area contributed by atoms with E-state index in [1.165, 1.54) is 18.3 Å². The normalized spacial score (nSPS) is 16.4. The first-order chi connectivity index (χ1) is 9.11. The zero-order valence-corrected chi connectivity index (χ0v) is 11.5. The molecule has 0 spiro atoms. The van der Waals surface area contributed by atoms with Crippen LogP contribution in [-0.2, 0) is 0 Å². The van der Waals surface area contributed by atoms with Crippen molar-refractivity contribution in [1.29, 1.82) is 0 Å². The molecule has 0 aromatic carbocycles. The largest absolute Gasteiger partial charge is 0.477 e. The monoisotopic (exact) mass is 280 g/mol. The predicted octanol–water partition coefficient (Wildman–Crippen LogP) is 1.75. The molecule has 0 radical (unpaired) electrons. The molecular formula is C13H16N2O3S. The Hall–Kier alpha value is -1.56. The summed E-state index contributed by atoms with van der Waals surface area (Å²) in [7, 11) is 0. The molecule has 5 nitrogen and oxygen atoms in total. The second-order valence-electron chi connectivity index (χ2n) is 4.46. The highest BCUT2D eigenvalue weighted by Gasteiger charge is 2.23. The van der Waals surface area contributed by atoms with E-state index in [2.05, 4.69) is 11.2 Å². The number of nitrogens with zero attached hydrogens (tertiary/aromatic N) is 2. The predicted molar refractivity (Wildman–Crippen MR) is 73.6 cm³/mol. The minimum Gasteiger partial charge on any atom is -0.477 e. The molecule has 102 valence electrons. The van der Waals surface area contributed by atoms with E-state index >= 15 is 0 Å². The van der Waals surface area contributed by atoms with Gasteiger partial charge in [-0.05, 0) is 31.2 Å². The fourth-order valence-corrected chi connectivity index (χ4v) is 2.81. The molecule has 1 aliphatic rings. The van der Waals surface area contributed by atoms with E-state index in [0.717, 1.165) is 25.9 Å². The molecule has 1 aliphatic heterocycles. The minimum absolute atomic E-state index is 0.0439. The van der Waals surface area contributed by atoms with Gasteiger partial charge in [-0.2, -0.15) is 11.8 Å². The number of carboxylic acid groups (broad SMARTS) is 1. The summed E-state index contributed by atoms with van der Waals surface area (Å²) in [5.41, 5.74) is 0.408. The van der Waals surface area contributed by atoms with E-state index in [1.807, 2.05) is 16.7 Å². The number of carboxylic acids is 1. The number of piperidine rings is 1. The van der Waals surface area contributed by atoms with Crippen LogP contribution < -0.4 is 0 Å². The number of hydrogen-bond donors (Lipinski definition) is 1. The number of hydrogen-bond acceptors (Lipinski definition) is 4. The smallest absolute Gasteiger partial charge is 0.354 e. The molecule has 1 amide bonds. The lowest BCUT2D eigenvalue weighted by molar-refractivity contribution is 0.0685. The molecule has 0 unspecified atom stereocenters. The van der Waals surface area contributed by atoms with Crippen LogP contribution in [0.25, 0.3) is 0 Å². The Balaban J connectivity index is 2.02. The lowest BCUT2D eigenvalue weighted by Gasteiger charge is -2.31. The van der Waals surface area contributed by atoms with Gasteiger partial charge >= 0.3 is 5.97 Å². The van der Waals surface area contributed by atoms with Crippen LogP contribution in [0.15, 0.2) is 18.3 Å². The maximum Gasteiger partial charge on any atom is 0.354 e. The van der Waals surface area contributed by atoms with E-state index in [-0.39, 0.29) is 11.6 Å². The van der Waals surface area contributed by atoms with Gasteiger partial charge < -0.3 is 10.0 Å². The highest BCUT2D eigenvalue weighted by Crippen LogP contribution is 2.22. The van der Waals surface area contributed by atoms with Crippen LogP contribution in [0.2, 0.25) is 0 Å². The molecule has 0 saturated carbocycles. The second kappa shape index (κ2) is 6.06. The van der Waals surface area contributed by atoms with Gasteiger partial charge in [0.05, 0.1) is 5.56 Å². The summed E-state index contributed by atoms with van der Waals surface area (Å²) in [5, 5.41) is 9.39. The Bertz CT molecular complexity index is 467. The van der Waals surface area contributed by atoms with Gasteiger partial charge in [0.1, 0.15) is 5.69 Å². The van der Waals surface area contributed by atoms with E-state index < -0.39 is 5.97 Å². The summed E-state index contributed by atoms with van der Waals surface area (Å²) in [6, 6.07) is 2.89. The number of pyridine rings is 1. The zero-order valence-electron chi connectivity index (χ0n) is 10.7. The first-order valence-corrected chi connectivity index (χ1v) is 7.42. The van der Waals surface area contributed by atoms with E-state index in [4.69, 9.17) is 5.11 Å². The van der Waals surface area contributed by atoms with Crippen molar-refractivity contribution >= 4 is 23.6 Å². The SMILES string of the molecule is CSC1CCN(C(=O)c2ccc(C(=O)O)nc2)CC1. The Kier molecular flexibility index (Phi) is 4.42. The van der Waals surface area contributed by atoms with Gasteiger partial charge in [-0.25, -0.2) is 9.78 Å². The van der Waals surface area contributed by atoms with Gasteiger partial charge in [-0.1, -0.05) is 0 Å². The first kappa shape index (κ1) is 13.9. The van der Waals surface area contributed by atoms with Crippen LogP contribution in [0, 0.1) is 0 Å². The topological polar surface area (TPSA) is 70.5 Å². The van der Waals surface area contributed by atoms with Crippen LogP contribution >= 0.6 is 11.8 Å².